The molecule has 0 saturated heterocycles. The summed E-state index contributed by atoms with van der Waals surface area (Å²) >= 11 is 0. The van der Waals surface area contributed by atoms with Gasteiger partial charge in [0.2, 0.25) is 0 Å². The molecule has 0 radical (unpaired) electrons. The van der Waals surface area contributed by atoms with Crippen LogP contribution in [0, 0.1) is 0 Å². The van der Waals surface area contributed by atoms with Crippen molar-refractivity contribution in [3.05, 3.63) is 59.4 Å². The molecule has 5 nitrogen and oxygen atoms in total. The fourth-order valence-corrected chi connectivity index (χ4v) is 3.66. The quantitative estimate of drug-likeness (QED) is 0.831. The molecule has 0 aromatic heterocycles. The van der Waals surface area contributed by atoms with Crippen molar-refractivity contribution in [3.8, 4) is 5.75 Å². The van der Waals surface area contributed by atoms with Crippen LogP contribution in [0.1, 0.15) is 18.4 Å². The van der Waals surface area contributed by atoms with Gasteiger partial charge >= 0.3 is 0 Å². The summed E-state index contributed by atoms with van der Waals surface area (Å²) in [4.78, 5) is 12.1. The Morgan fingerprint density at radius 1 is 1.43 bits per heavy atom. The maximum absolute atomic E-state index is 12.1. The molecule has 2 aliphatic heterocycles. The minimum absolute atomic E-state index is 0.00198. The lowest BCUT2D eigenvalue weighted by Gasteiger charge is -2.34. The van der Waals surface area contributed by atoms with Crippen LogP contribution in [0.2, 0.25) is 0 Å². The van der Waals surface area contributed by atoms with Crippen LogP contribution in [0.3, 0.4) is 0 Å². The van der Waals surface area contributed by atoms with E-state index in [4.69, 9.17) is 15.4 Å². The van der Waals surface area contributed by atoms with Crippen molar-refractivity contribution in [1.82, 2.24) is 5.32 Å². The van der Waals surface area contributed by atoms with E-state index in [1.54, 1.807) is 18.2 Å². The summed E-state index contributed by atoms with van der Waals surface area (Å²) in [6, 6.07) is 4.43. The average Bonchev–Trinajstić information content (AvgIpc) is 2.48. The fourth-order valence-electron chi connectivity index (χ4n) is 2.88. The van der Waals surface area contributed by atoms with Gasteiger partial charge in [0.05, 0.1) is 4.90 Å². The number of allylic oxidation sites excluding steroid dienone is 2. The van der Waals surface area contributed by atoms with Gasteiger partial charge in [0.15, 0.2) is 0 Å². The minimum Gasteiger partial charge on any atom is -0.457 e. The molecular formula is C16H14ClNO4S. The molecule has 1 aromatic rings. The predicted octanol–water partition coefficient (Wildman–Crippen LogP) is 2.61. The van der Waals surface area contributed by atoms with E-state index in [0.29, 0.717) is 34.8 Å². The zero-order valence-corrected chi connectivity index (χ0v) is 13.9. The summed E-state index contributed by atoms with van der Waals surface area (Å²) in [5.74, 6) is 0.480. The zero-order valence-electron chi connectivity index (χ0n) is 12.3. The van der Waals surface area contributed by atoms with E-state index in [2.05, 4.69) is 11.9 Å². The van der Waals surface area contributed by atoms with Gasteiger partial charge < -0.3 is 10.1 Å². The minimum atomic E-state index is -3.85. The Morgan fingerprint density at radius 2 is 2.17 bits per heavy atom. The highest BCUT2D eigenvalue weighted by Gasteiger charge is 2.36. The van der Waals surface area contributed by atoms with Gasteiger partial charge in [-0.15, -0.1) is 0 Å². The van der Waals surface area contributed by atoms with Gasteiger partial charge in [-0.1, -0.05) is 18.7 Å². The highest BCUT2D eigenvalue weighted by molar-refractivity contribution is 8.13. The van der Waals surface area contributed by atoms with Crippen LogP contribution >= 0.6 is 10.7 Å². The Labute approximate surface area is 138 Å². The number of carbonyl (C=O) groups excluding carboxylic acids is 1. The Balaban J connectivity index is 2.23. The highest BCUT2D eigenvalue weighted by atomic mass is 35.7. The first kappa shape index (κ1) is 15.8. The second kappa shape index (κ2) is 5.54. The number of hydrogen-bond donors (Lipinski definition) is 1. The third-order valence-electron chi connectivity index (χ3n) is 3.86. The van der Waals surface area contributed by atoms with Crippen LogP contribution in [-0.4, -0.2) is 20.9 Å². The third-order valence-corrected chi connectivity index (χ3v) is 5.21. The molecule has 7 heteroatoms. The number of hydrogen-bond acceptors (Lipinski definition) is 4. The average molecular weight is 352 g/mol. The van der Waals surface area contributed by atoms with Crippen molar-refractivity contribution in [2.24, 2.45) is 0 Å². The second-order valence-corrected chi connectivity index (χ2v) is 7.82. The van der Waals surface area contributed by atoms with Crippen molar-refractivity contribution >= 4 is 25.6 Å². The molecule has 0 aliphatic carbocycles. The number of halogens is 1. The number of carbonyl (C=O) groups is 1. The molecule has 1 atom stereocenters. The third kappa shape index (κ3) is 2.68. The van der Waals surface area contributed by atoms with Crippen LogP contribution in [0.25, 0.3) is 0 Å². The van der Waals surface area contributed by atoms with E-state index >= 15 is 0 Å². The smallest absolute Gasteiger partial charge is 0.261 e. The molecule has 0 bridgehead atoms. The van der Waals surface area contributed by atoms with Crippen molar-refractivity contribution in [1.29, 1.82) is 0 Å². The Morgan fingerprint density at radius 3 is 2.83 bits per heavy atom. The van der Waals surface area contributed by atoms with E-state index in [-0.39, 0.29) is 16.7 Å². The molecule has 1 aromatic carbocycles. The molecule has 0 fully saturated rings. The van der Waals surface area contributed by atoms with Gasteiger partial charge in [-0.05, 0) is 25.1 Å². The Kier molecular flexibility index (Phi) is 3.82. The monoisotopic (exact) mass is 351 g/mol. The maximum Gasteiger partial charge on any atom is 0.261 e. The first-order chi connectivity index (χ1) is 10.8. The molecule has 1 amide bonds. The Hall–Kier alpha value is -2.05. The highest BCUT2D eigenvalue weighted by Crippen LogP contribution is 2.44. The van der Waals surface area contributed by atoms with Crippen LogP contribution in [0.15, 0.2) is 58.7 Å². The SMILES string of the molecule is C=C1Oc2ccc(S(=O)(=O)Cl)cc2C2CNC(=O)C(/C=C\C)=C12. The van der Waals surface area contributed by atoms with E-state index in [1.165, 1.54) is 12.1 Å². The molecule has 3 rings (SSSR count). The summed E-state index contributed by atoms with van der Waals surface area (Å²) < 4.78 is 28.8. The number of rotatable bonds is 2. The van der Waals surface area contributed by atoms with Gasteiger partial charge in [0, 0.05) is 39.9 Å². The molecule has 1 unspecified atom stereocenters. The van der Waals surface area contributed by atoms with Crippen LogP contribution < -0.4 is 10.1 Å². The fraction of sp³-hybridized carbons (Fsp3) is 0.188. The summed E-state index contributed by atoms with van der Waals surface area (Å²) in [6.45, 7) is 6.05. The number of nitrogens with one attached hydrogen (secondary N) is 1. The van der Waals surface area contributed by atoms with Crippen molar-refractivity contribution in [2.45, 2.75) is 17.7 Å². The van der Waals surface area contributed by atoms with E-state index in [1.807, 2.05) is 6.92 Å². The molecule has 2 heterocycles. The molecule has 1 N–H and O–H groups in total. The predicted molar refractivity (Wildman–Crippen MR) is 86.8 cm³/mol. The summed E-state index contributed by atoms with van der Waals surface area (Å²) in [5.41, 5.74) is 1.80. The number of amides is 1. The largest absolute Gasteiger partial charge is 0.457 e. The molecule has 0 spiro atoms. The van der Waals surface area contributed by atoms with E-state index in [9.17, 15) is 13.2 Å². The number of fused-ring (bicyclic) bond motifs is 3. The lowest BCUT2D eigenvalue weighted by atomic mass is 9.82. The molecule has 2 aliphatic rings. The van der Waals surface area contributed by atoms with Crippen molar-refractivity contribution < 1.29 is 17.9 Å². The maximum atomic E-state index is 12.1. The van der Waals surface area contributed by atoms with Gasteiger partial charge in [0.25, 0.3) is 15.0 Å². The number of benzene rings is 1. The Bertz CT molecular complexity index is 883. The normalized spacial score (nSPS) is 20.9. The summed E-state index contributed by atoms with van der Waals surface area (Å²) in [5, 5.41) is 2.81. The lowest BCUT2D eigenvalue weighted by molar-refractivity contribution is -0.117. The van der Waals surface area contributed by atoms with Crippen LogP contribution in [-0.2, 0) is 13.8 Å². The lowest BCUT2D eigenvalue weighted by Crippen LogP contribution is -2.38. The first-order valence-electron chi connectivity index (χ1n) is 6.93. The molecule has 23 heavy (non-hydrogen) atoms. The van der Waals surface area contributed by atoms with Gasteiger partial charge in [-0.3, -0.25) is 4.79 Å². The van der Waals surface area contributed by atoms with Crippen molar-refractivity contribution in [2.75, 3.05) is 6.54 Å². The second-order valence-electron chi connectivity index (χ2n) is 5.25. The van der Waals surface area contributed by atoms with Gasteiger partial charge in [-0.2, -0.15) is 0 Å². The first-order valence-corrected chi connectivity index (χ1v) is 9.24. The standard InChI is InChI=1S/C16H14ClNO4S/c1-3-4-11-15-9(2)22-14-6-5-10(23(17,20)21)7-12(14)13(15)8-18-16(11)19/h3-7,13H,2,8H2,1H3,(H,18,19)/b4-3-. The van der Waals surface area contributed by atoms with Crippen LogP contribution in [0.5, 0.6) is 5.75 Å². The van der Waals surface area contributed by atoms with E-state index in [0.717, 1.165) is 0 Å². The topological polar surface area (TPSA) is 72.5 Å². The summed E-state index contributed by atoms with van der Waals surface area (Å²) in [6.07, 6.45) is 3.45. The van der Waals surface area contributed by atoms with E-state index < -0.39 is 9.05 Å². The van der Waals surface area contributed by atoms with Gasteiger partial charge in [-0.25, -0.2) is 8.42 Å². The van der Waals surface area contributed by atoms with Gasteiger partial charge in [0.1, 0.15) is 11.5 Å². The van der Waals surface area contributed by atoms with Crippen molar-refractivity contribution in [3.63, 3.8) is 0 Å². The molecule has 0 saturated carbocycles. The number of ether oxygens (including phenoxy) is 1. The van der Waals surface area contributed by atoms with Crippen LogP contribution in [0.4, 0.5) is 0 Å². The molecule has 120 valence electrons. The summed E-state index contributed by atoms with van der Waals surface area (Å²) in [7, 11) is 1.58. The molecular weight excluding hydrogens is 338 g/mol. The zero-order chi connectivity index (χ0) is 16.8.